The highest BCUT2D eigenvalue weighted by atomic mass is 35.5. The number of pyridine rings is 1. The zero-order valence-corrected chi connectivity index (χ0v) is 21.2. The Kier molecular flexibility index (Phi) is 7.48. The predicted octanol–water partition coefficient (Wildman–Crippen LogP) is 5.60. The molecule has 0 atom stereocenters. The fraction of sp³-hybridized carbons (Fsp3) is 0.231. The number of benzene rings is 2. The van der Waals surface area contributed by atoms with Crippen LogP contribution in [0.25, 0.3) is 16.6 Å². The molecule has 0 fully saturated rings. The number of hydrogen-bond donors (Lipinski definition) is 0. The standard InChI is InChI=1S/C26H23ClFN3O4S/c1-3-10-34-26-19(14-29)11-20(13-22(26)27)31-9-7-17-12-21(4-5-24(17)31)35-15-18-6-8-30-23(25(18)28)16-36(2,32)33/h4-9,11-13H,3,10,15-16H2,1-2H3. The summed E-state index contributed by atoms with van der Waals surface area (Å²) in [5, 5.41) is 10.8. The minimum Gasteiger partial charge on any atom is -0.491 e. The van der Waals surface area contributed by atoms with E-state index in [4.69, 9.17) is 21.1 Å². The van der Waals surface area contributed by atoms with Gasteiger partial charge >= 0.3 is 0 Å². The van der Waals surface area contributed by atoms with E-state index in [0.29, 0.717) is 34.4 Å². The molecule has 4 aromatic rings. The molecule has 0 aliphatic carbocycles. The van der Waals surface area contributed by atoms with Gasteiger partial charge in [-0.3, -0.25) is 4.98 Å². The Morgan fingerprint density at radius 1 is 1.17 bits per heavy atom. The van der Waals surface area contributed by atoms with Crippen LogP contribution in [0.2, 0.25) is 5.02 Å². The van der Waals surface area contributed by atoms with E-state index in [9.17, 15) is 18.1 Å². The van der Waals surface area contributed by atoms with E-state index in [1.54, 1.807) is 18.2 Å². The molecule has 2 aromatic carbocycles. The normalized spacial score (nSPS) is 11.4. The highest BCUT2D eigenvalue weighted by Crippen LogP contribution is 2.33. The summed E-state index contributed by atoms with van der Waals surface area (Å²) in [5.74, 6) is -0.276. The van der Waals surface area contributed by atoms with Crippen molar-refractivity contribution in [2.45, 2.75) is 25.7 Å². The van der Waals surface area contributed by atoms with Crippen molar-refractivity contribution < 1.29 is 22.3 Å². The lowest BCUT2D eigenvalue weighted by molar-refractivity contribution is 0.299. The third-order valence-electron chi connectivity index (χ3n) is 5.37. The molecule has 0 radical (unpaired) electrons. The average Bonchev–Trinajstić information content (AvgIpc) is 3.26. The van der Waals surface area contributed by atoms with Crippen LogP contribution in [0.4, 0.5) is 4.39 Å². The van der Waals surface area contributed by atoms with Crippen molar-refractivity contribution in [3.05, 3.63) is 82.5 Å². The van der Waals surface area contributed by atoms with Crippen LogP contribution >= 0.6 is 11.6 Å². The quantitative estimate of drug-likeness (QED) is 0.281. The molecule has 0 unspecified atom stereocenters. The molecule has 0 N–H and O–H groups in total. The lowest BCUT2D eigenvalue weighted by atomic mass is 10.2. The molecule has 0 spiro atoms. The zero-order chi connectivity index (χ0) is 25.9. The summed E-state index contributed by atoms with van der Waals surface area (Å²) >= 11 is 6.42. The Morgan fingerprint density at radius 3 is 2.69 bits per heavy atom. The van der Waals surface area contributed by atoms with Crippen LogP contribution in [0, 0.1) is 17.1 Å². The largest absolute Gasteiger partial charge is 0.491 e. The molecule has 186 valence electrons. The van der Waals surface area contributed by atoms with E-state index in [1.807, 2.05) is 35.9 Å². The first-order valence-electron chi connectivity index (χ1n) is 11.1. The van der Waals surface area contributed by atoms with Crippen LogP contribution in [0.3, 0.4) is 0 Å². The van der Waals surface area contributed by atoms with Crippen molar-refractivity contribution in [1.29, 1.82) is 5.26 Å². The van der Waals surface area contributed by atoms with Gasteiger partial charge in [0.2, 0.25) is 0 Å². The number of fused-ring (bicyclic) bond motifs is 1. The van der Waals surface area contributed by atoms with E-state index >= 15 is 0 Å². The number of ether oxygens (including phenoxy) is 2. The molecular weight excluding hydrogens is 505 g/mol. The van der Waals surface area contributed by atoms with Gasteiger partial charge in [-0.1, -0.05) is 18.5 Å². The predicted molar refractivity (Wildman–Crippen MR) is 136 cm³/mol. The third kappa shape index (κ3) is 5.61. The molecule has 10 heteroatoms. The maximum absolute atomic E-state index is 14.7. The number of nitriles is 1. The lowest BCUT2D eigenvalue weighted by Gasteiger charge is -2.13. The molecule has 4 rings (SSSR count). The molecule has 0 bridgehead atoms. The fourth-order valence-electron chi connectivity index (χ4n) is 3.74. The zero-order valence-electron chi connectivity index (χ0n) is 19.7. The van der Waals surface area contributed by atoms with Crippen molar-refractivity contribution >= 4 is 32.3 Å². The molecule has 36 heavy (non-hydrogen) atoms. The summed E-state index contributed by atoms with van der Waals surface area (Å²) in [4.78, 5) is 3.84. The highest BCUT2D eigenvalue weighted by Gasteiger charge is 2.16. The third-order valence-corrected chi connectivity index (χ3v) is 6.45. The monoisotopic (exact) mass is 527 g/mol. The first-order chi connectivity index (χ1) is 17.2. The summed E-state index contributed by atoms with van der Waals surface area (Å²) in [7, 11) is -3.42. The van der Waals surface area contributed by atoms with E-state index < -0.39 is 21.4 Å². The topological polar surface area (TPSA) is 94.2 Å². The van der Waals surface area contributed by atoms with Gasteiger partial charge in [0.25, 0.3) is 0 Å². The highest BCUT2D eigenvalue weighted by molar-refractivity contribution is 7.89. The summed E-state index contributed by atoms with van der Waals surface area (Å²) in [6, 6.07) is 14.4. The first-order valence-corrected chi connectivity index (χ1v) is 13.5. The maximum atomic E-state index is 14.7. The van der Waals surface area contributed by atoms with Crippen LogP contribution in [0.5, 0.6) is 11.5 Å². The van der Waals surface area contributed by atoms with Gasteiger partial charge in [-0.05, 0) is 48.9 Å². The summed E-state index contributed by atoms with van der Waals surface area (Å²) in [6.07, 6.45) is 5.05. The van der Waals surface area contributed by atoms with Gasteiger partial charge in [-0.25, -0.2) is 12.8 Å². The summed E-state index contributed by atoms with van der Waals surface area (Å²) in [6.45, 7) is 2.35. The van der Waals surface area contributed by atoms with E-state index in [1.165, 1.54) is 12.3 Å². The molecule has 2 heterocycles. The van der Waals surface area contributed by atoms with Crippen molar-refractivity contribution in [3.63, 3.8) is 0 Å². The van der Waals surface area contributed by atoms with Gasteiger partial charge in [0, 0.05) is 35.3 Å². The number of sulfone groups is 1. The molecule has 7 nitrogen and oxygen atoms in total. The average molecular weight is 528 g/mol. The summed E-state index contributed by atoms with van der Waals surface area (Å²) < 4.78 is 51.0. The maximum Gasteiger partial charge on any atom is 0.155 e. The van der Waals surface area contributed by atoms with Crippen molar-refractivity contribution in [2.24, 2.45) is 0 Å². The first kappa shape index (κ1) is 25.5. The molecule has 0 saturated heterocycles. The van der Waals surface area contributed by atoms with Crippen molar-refractivity contribution in [1.82, 2.24) is 9.55 Å². The van der Waals surface area contributed by atoms with Gasteiger partial charge in [0.15, 0.2) is 21.4 Å². The molecule has 0 amide bonds. The fourth-order valence-corrected chi connectivity index (χ4v) is 4.71. The Morgan fingerprint density at radius 2 is 1.97 bits per heavy atom. The number of nitrogens with zero attached hydrogens (tertiary/aromatic N) is 3. The SMILES string of the molecule is CCCOc1c(Cl)cc(-n2ccc3cc(OCc4ccnc(CS(C)(=O)=O)c4F)ccc32)cc1C#N. The van der Waals surface area contributed by atoms with E-state index in [-0.39, 0.29) is 17.9 Å². The van der Waals surface area contributed by atoms with Gasteiger partial charge in [-0.2, -0.15) is 5.26 Å². The molecule has 0 aliphatic heterocycles. The van der Waals surface area contributed by atoms with Gasteiger partial charge in [-0.15, -0.1) is 0 Å². The summed E-state index contributed by atoms with van der Waals surface area (Å²) in [5.41, 5.74) is 2.00. The molecule has 2 aromatic heterocycles. The lowest BCUT2D eigenvalue weighted by Crippen LogP contribution is -2.08. The van der Waals surface area contributed by atoms with Crippen LogP contribution in [-0.4, -0.2) is 30.8 Å². The second-order valence-electron chi connectivity index (χ2n) is 8.26. The second-order valence-corrected chi connectivity index (χ2v) is 10.8. The van der Waals surface area contributed by atoms with Crippen molar-refractivity contribution in [3.8, 4) is 23.3 Å². The second kappa shape index (κ2) is 10.6. The molecule has 0 aliphatic rings. The minimum atomic E-state index is -3.42. The number of rotatable bonds is 9. The van der Waals surface area contributed by atoms with Crippen LogP contribution in [-0.2, 0) is 22.2 Å². The molecule has 0 saturated carbocycles. The smallest absolute Gasteiger partial charge is 0.155 e. The minimum absolute atomic E-state index is 0.0856. The Balaban J connectivity index is 1.57. The molecular formula is C26H23ClFN3O4S. The van der Waals surface area contributed by atoms with Crippen LogP contribution < -0.4 is 9.47 Å². The van der Waals surface area contributed by atoms with E-state index in [2.05, 4.69) is 11.1 Å². The van der Waals surface area contributed by atoms with Crippen molar-refractivity contribution in [2.75, 3.05) is 12.9 Å². The number of aromatic nitrogens is 2. The van der Waals surface area contributed by atoms with E-state index in [0.717, 1.165) is 23.6 Å². The van der Waals surface area contributed by atoms with Gasteiger partial charge < -0.3 is 14.0 Å². The van der Waals surface area contributed by atoms with Crippen LogP contribution in [0.15, 0.2) is 54.9 Å². The van der Waals surface area contributed by atoms with Crippen LogP contribution in [0.1, 0.15) is 30.2 Å². The number of halogens is 2. The van der Waals surface area contributed by atoms with Gasteiger partial charge in [0.1, 0.15) is 18.4 Å². The Hall–Kier alpha value is -3.61. The number of hydrogen-bond acceptors (Lipinski definition) is 6. The van der Waals surface area contributed by atoms with Gasteiger partial charge in [0.05, 0.1) is 34.2 Å². The Bertz CT molecular complexity index is 1580. The Labute approximate surface area is 213 Å².